The second-order valence-electron chi connectivity index (χ2n) is 2.15. The molecule has 0 aliphatic heterocycles. The molecule has 0 heterocycles. The van der Waals surface area contributed by atoms with Crippen molar-refractivity contribution in [1.82, 2.24) is 0 Å². The second-order valence-corrected chi connectivity index (χ2v) is 3.50. The summed E-state index contributed by atoms with van der Waals surface area (Å²) in [5.74, 6) is -0.615. The Labute approximate surface area is 87.1 Å². The van der Waals surface area contributed by atoms with E-state index in [0.29, 0.717) is 0 Å². The van der Waals surface area contributed by atoms with Crippen LogP contribution in [0, 0.1) is 0 Å². The Kier molecular flexibility index (Phi) is 7.19. The smallest absolute Gasteiger partial charge is 0.460 e. The van der Waals surface area contributed by atoms with Crippen molar-refractivity contribution in [1.29, 1.82) is 0 Å². The van der Waals surface area contributed by atoms with Crippen LogP contribution in [0.1, 0.15) is 6.92 Å². The molecule has 1 atom stereocenters. The van der Waals surface area contributed by atoms with Gasteiger partial charge in [0.2, 0.25) is 0 Å². The third-order valence-electron chi connectivity index (χ3n) is 1.02. The highest BCUT2D eigenvalue weighted by atomic mass is 31.2. The van der Waals surface area contributed by atoms with Crippen molar-refractivity contribution in [3.8, 4) is 0 Å². The number of rotatable bonds is 8. The average molecular weight is 240 g/mol. The molecule has 0 fully saturated rings. The topological polar surface area (TPSA) is 91.3 Å². The van der Waals surface area contributed by atoms with Gasteiger partial charge in [-0.25, -0.2) is 14.2 Å². The Balaban J connectivity index is 3.50. The fourth-order valence-corrected chi connectivity index (χ4v) is 1.10. The number of esters is 1. The van der Waals surface area contributed by atoms with Gasteiger partial charge in [0.15, 0.2) is 0 Å². The van der Waals surface area contributed by atoms with Crippen molar-refractivity contribution in [3.63, 3.8) is 0 Å². The Bertz CT molecular complexity index is 252. The maximum absolute atomic E-state index is 10.8. The normalized spacial score (nSPS) is 14.3. The van der Waals surface area contributed by atoms with Crippen LogP contribution in [-0.2, 0) is 28.2 Å². The molecule has 15 heavy (non-hydrogen) atoms. The van der Waals surface area contributed by atoms with Crippen LogP contribution in [0.3, 0.4) is 0 Å². The van der Waals surface area contributed by atoms with Gasteiger partial charge in [-0.05, 0) is 6.92 Å². The average Bonchev–Trinajstić information content (AvgIpc) is 2.16. The summed E-state index contributed by atoms with van der Waals surface area (Å²) in [6.07, 6.45) is 0.984. The molecule has 0 aromatic carbocycles. The lowest BCUT2D eigenvalue weighted by molar-refractivity contribution is -0.230. The Morgan fingerprint density at radius 3 is 2.73 bits per heavy atom. The van der Waals surface area contributed by atoms with Gasteiger partial charge in [0.1, 0.15) is 13.2 Å². The monoisotopic (exact) mass is 240 g/mol. The molecule has 0 amide bonds. The first-order chi connectivity index (χ1) is 7.02. The van der Waals surface area contributed by atoms with E-state index >= 15 is 0 Å². The van der Waals surface area contributed by atoms with E-state index in [0.717, 1.165) is 6.08 Å². The summed E-state index contributed by atoms with van der Waals surface area (Å²) in [5.41, 5.74) is 0. The molecule has 0 radical (unpaired) electrons. The summed E-state index contributed by atoms with van der Waals surface area (Å²) < 4.78 is 23.7. The maximum Gasteiger partial charge on any atom is 0.499 e. The molecule has 0 rings (SSSR count). The Morgan fingerprint density at radius 2 is 2.20 bits per heavy atom. The zero-order valence-corrected chi connectivity index (χ0v) is 9.14. The molecule has 0 aromatic rings. The molecule has 0 spiro atoms. The van der Waals surface area contributed by atoms with Crippen LogP contribution >= 0.6 is 7.82 Å². The first kappa shape index (κ1) is 14.3. The van der Waals surface area contributed by atoms with Gasteiger partial charge >= 0.3 is 13.8 Å². The molecular weight excluding hydrogens is 227 g/mol. The summed E-state index contributed by atoms with van der Waals surface area (Å²) in [4.78, 5) is 23.6. The van der Waals surface area contributed by atoms with E-state index in [1.165, 1.54) is 6.92 Å². The molecule has 0 aliphatic rings. The molecule has 0 aliphatic carbocycles. The van der Waals surface area contributed by atoms with Crippen LogP contribution in [0.4, 0.5) is 0 Å². The van der Waals surface area contributed by atoms with E-state index in [1.54, 1.807) is 0 Å². The molecule has 7 nitrogen and oxygen atoms in total. The van der Waals surface area contributed by atoms with E-state index in [9.17, 15) is 9.36 Å². The minimum atomic E-state index is -4.15. The fourth-order valence-electron chi connectivity index (χ4n) is 0.524. The zero-order chi connectivity index (χ0) is 11.7. The van der Waals surface area contributed by atoms with Gasteiger partial charge in [-0.3, -0.25) is 4.52 Å². The lowest BCUT2D eigenvalue weighted by atomic mass is 10.6. The number of phosphoric ester groups is 1. The first-order valence-corrected chi connectivity index (χ1v) is 5.59. The van der Waals surface area contributed by atoms with Crippen molar-refractivity contribution in [2.75, 3.05) is 19.8 Å². The van der Waals surface area contributed by atoms with Crippen LogP contribution in [0.25, 0.3) is 0 Å². The van der Waals surface area contributed by atoms with Gasteiger partial charge in [-0.1, -0.05) is 6.58 Å². The van der Waals surface area contributed by atoms with Gasteiger partial charge in [0.25, 0.3) is 0 Å². The molecule has 0 saturated heterocycles. The summed E-state index contributed by atoms with van der Waals surface area (Å²) in [5, 5.41) is 0. The molecule has 1 N–H and O–H groups in total. The molecule has 88 valence electrons. The summed E-state index contributed by atoms with van der Waals surface area (Å²) in [7, 11) is -4.15. The SMILES string of the molecule is C=CC(=O)OCCOOP(=O)(O)OCC. The quantitative estimate of drug-likeness (QED) is 0.167. The van der Waals surface area contributed by atoms with E-state index in [2.05, 4.69) is 25.4 Å². The van der Waals surface area contributed by atoms with E-state index < -0.39 is 13.8 Å². The molecule has 0 aromatic heterocycles. The van der Waals surface area contributed by atoms with Crippen LogP contribution in [0.5, 0.6) is 0 Å². The molecule has 0 bridgehead atoms. The third kappa shape index (κ3) is 8.29. The van der Waals surface area contributed by atoms with E-state index in [4.69, 9.17) is 4.89 Å². The largest absolute Gasteiger partial charge is 0.499 e. The number of ether oxygens (including phenoxy) is 1. The fraction of sp³-hybridized carbons (Fsp3) is 0.571. The van der Waals surface area contributed by atoms with Gasteiger partial charge in [0.05, 0.1) is 6.61 Å². The number of hydrogen-bond acceptors (Lipinski definition) is 6. The minimum absolute atomic E-state index is 0.0165. The highest BCUT2D eigenvalue weighted by Crippen LogP contribution is 2.42. The lowest BCUT2D eigenvalue weighted by Gasteiger charge is -2.09. The summed E-state index contributed by atoms with van der Waals surface area (Å²) >= 11 is 0. The summed E-state index contributed by atoms with van der Waals surface area (Å²) in [6, 6.07) is 0. The van der Waals surface area contributed by atoms with Crippen molar-refractivity contribution >= 4 is 13.8 Å². The first-order valence-electron chi connectivity index (χ1n) is 4.09. The van der Waals surface area contributed by atoms with Gasteiger partial charge in [-0.2, -0.15) is 0 Å². The van der Waals surface area contributed by atoms with E-state index in [1.807, 2.05) is 0 Å². The summed E-state index contributed by atoms with van der Waals surface area (Å²) in [6.45, 7) is 4.42. The Hall–Kier alpha value is -0.720. The molecular formula is C7H13O7P. The van der Waals surface area contributed by atoms with Crippen LogP contribution in [-0.4, -0.2) is 30.7 Å². The highest BCUT2D eigenvalue weighted by molar-refractivity contribution is 7.47. The second kappa shape index (κ2) is 7.56. The highest BCUT2D eigenvalue weighted by Gasteiger charge is 2.21. The van der Waals surface area contributed by atoms with Crippen molar-refractivity contribution in [3.05, 3.63) is 12.7 Å². The molecule has 1 unspecified atom stereocenters. The molecule has 8 heteroatoms. The number of phosphoric acid groups is 1. The van der Waals surface area contributed by atoms with Gasteiger partial charge in [0, 0.05) is 6.08 Å². The van der Waals surface area contributed by atoms with Gasteiger partial charge in [-0.15, -0.1) is 4.67 Å². The van der Waals surface area contributed by atoms with Crippen molar-refractivity contribution < 1.29 is 33.1 Å². The van der Waals surface area contributed by atoms with Crippen molar-refractivity contribution in [2.24, 2.45) is 0 Å². The standard InChI is InChI=1S/C7H13O7P/c1-3-7(8)11-5-6-12-14-15(9,10)13-4-2/h3H,1,4-6H2,2H3,(H,9,10). The van der Waals surface area contributed by atoms with Crippen molar-refractivity contribution in [2.45, 2.75) is 6.92 Å². The maximum atomic E-state index is 10.8. The predicted octanol–water partition coefficient (Wildman–Crippen LogP) is 0.801. The van der Waals surface area contributed by atoms with Crippen LogP contribution in [0.15, 0.2) is 12.7 Å². The number of carbonyl (C=O) groups excluding carboxylic acids is 1. The number of carbonyl (C=O) groups is 1. The minimum Gasteiger partial charge on any atom is -0.460 e. The zero-order valence-electron chi connectivity index (χ0n) is 8.25. The molecule has 0 saturated carbocycles. The Morgan fingerprint density at radius 1 is 1.53 bits per heavy atom. The lowest BCUT2D eigenvalue weighted by Crippen LogP contribution is -2.08. The third-order valence-corrected chi connectivity index (χ3v) is 1.90. The van der Waals surface area contributed by atoms with Crippen LogP contribution < -0.4 is 0 Å². The number of hydrogen-bond donors (Lipinski definition) is 1. The van der Waals surface area contributed by atoms with E-state index in [-0.39, 0.29) is 19.8 Å². The predicted molar refractivity (Wildman–Crippen MR) is 49.6 cm³/mol. The van der Waals surface area contributed by atoms with Gasteiger partial charge < -0.3 is 9.63 Å². The van der Waals surface area contributed by atoms with Crippen LogP contribution in [0.2, 0.25) is 0 Å².